The van der Waals surface area contributed by atoms with Crippen molar-refractivity contribution in [3.8, 4) is 11.5 Å². The Morgan fingerprint density at radius 2 is 1.77 bits per heavy atom. The quantitative estimate of drug-likeness (QED) is 0.391. The fourth-order valence-corrected chi connectivity index (χ4v) is 3.97. The lowest BCUT2D eigenvalue weighted by Gasteiger charge is -2.17. The van der Waals surface area contributed by atoms with Crippen molar-refractivity contribution >= 4 is 12.0 Å². The zero-order valence-electron chi connectivity index (χ0n) is 17.6. The normalized spacial score (nSPS) is 14.6. The Kier molecular flexibility index (Phi) is 6.37. The SMILES string of the molecule is CCOC(=O)C1=Cc2ccc(OCCCc3ccccc3)cc2C1c1ccc(O)cc1. The molecular weight excluding hydrogens is 388 g/mol. The van der Waals surface area contributed by atoms with E-state index >= 15 is 0 Å². The number of aryl methyl sites for hydroxylation is 1. The van der Waals surface area contributed by atoms with Crippen molar-refractivity contribution in [2.24, 2.45) is 0 Å². The summed E-state index contributed by atoms with van der Waals surface area (Å²) in [5.74, 6) is 0.415. The Labute approximate surface area is 182 Å². The molecule has 158 valence electrons. The molecule has 0 spiro atoms. The molecule has 0 fully saturated rings. The van der Waals surface area contributed by atoms with Gasteiger partial charge in [0.15, 0.2) is 0 Å². The van der Waals surface area contributed by atoms with Gasteiger partial charge in [-0.1, -0.05) is 48.5 Å². The molecule has 0 saturated heterocycles. The lowest BCUT2D eigenvalue weighted by Crippen LogP contribution is -2.13. The summed E-state index contributed by atoms with van der Waals surface area (Å²) in [6, 6.07) is 23.3. The number of ether oxygens (including phenoxy) is 2. The Hall–Kier alpha value is -3.53. The number of rotatable bonds is 8. The highest BCUT2D eigenvalue weighted by atomic mass is 16.5. The Morgan fingerprint density at radius 1 is 1.00 bits per heavy atom. The fourth-order valence-electron chi connectivity index (χ4n) is 3.97. The number of carbonyl (C=O) groups excluding carboxylic acids is 1. The molecule has 3 aromatic carbocycles. The van der Waals surface area contributed by atoms with Crippen molar-refractivity contribution in [1.29, 1.82) is 0 Å². The second kappa shape index (κ2) is 9.52. The number of phenolic OH excluding ortho intramolecular Hbond substituents is 1. The summed E-state index contributed by atoms with van der Waals surface area (Å²) in [6.07, 6.45) is 3.79. The molecule has 1 N–H and O–H groups in total. The van der Waals surface area contributed by atoms with Crippen molar-refractivity contribution in [2.75, 3.05) is 13.2 Å². The molecular formula is C27H26O4. The topological polar surface area (TPSA) is 55.8 Å². The molecule has 0 radical (unpaired) electrons. The highest BCUT2D eigenvalue weighted by molar-refractivity contribution is 5.99. The fraction of sp³-hybridized carbons (Fsp3) is 0.222. The monoisotopic (exact) mass is 414 g/mol. The van der Waals surface area contributed by atoms with Gasteiger partial charge in [0, 0.05) is 11.5 Å². The smallest absolute Gasteiger partial charge is 0.334 e. The van der Waals surface area contributed by atoms with Gasteiger partial charge < -0.3 is 14.6 Å². The van der Waals surface area contributed by atoms with Crippen LogP contribution >= 0.6 is 0 Å². The zero-order valence-corrected chi connectivity index (χ0v) is 17.6. The summed E-state index contributed by atoms with van der Waals surface area (Å²) in [6.45, 7) is 2.75. The van der Waals surface area contributed by atoms with Crippen LogP contribution < -0.4 is 4.74 Å². The van der Waals surface area contributed by atoms with Crippen LogP contribution in [0.5, 0.6) is 11.5 Å². The van der Waals surface area contributed by atoms with Crippen LogP contribution in [0.2, 0.25) is 0 Å². The number of benzene rings is 3. The minimum absolute atomic E-state index is 0.194. The summed E-state index contributed by atoms with van der Waals surface area (Å²) in [4.78, 5) is 12.6. The van der Waals surface area contributed by atoms with Gasteiger partial charge in [0.25, 0.3) is 0 Å². The predicted molar refractivity (Wildman–Crippen MR) is 121 cm³/mol. The lowest BCUT2D eigenvalue weighted by atomic mass is 9.88. The van der Waals surface area contributed by atoms with Crippen molar-refractivity contribution in [3.63, 3.8) is 0 Å². The molecule has 0 amide bonds. The van der Waals surface area contributed by atoms with Gasteiger partial charge in [-0.25, -0.2) is 4.79 Å². The average Bonchev–Trinajstić information content (AvgIpc) is 3.17. The van der Waals surface area contributed by atoms with E-state index in [4.69, 9.17) is 9.47 Å². The number of fused-ring (bicyclic) bond motifs is 1. The largest absolute Gasteiger partial charge is 0.508 e. The molecule has 4 heteroatoms. The number of hydrogen-bond acceptors (Lipinski definition) is 4. The standard InChI is InChI=1S/C27H26O4/c1-2-30-27(29)25-17-21-12-15-23(31-16-6-9-19-7-4-3-5-8-19)18-24(21)26(25)20-10-13-22(28)14-11-20/h3-5,7-8,10-15,17-18,26,28H,2,6,9,16H2,1H3. The van der Waals surface area contributed by atoms with Gasteiger partial charge in [0.05, 0.1) is 13.2 Å². The number of carbonyl (C=O) groups is 1. The van der Waals surface area contributed by atoms with Crippen molar-refractivity contribution in [2.45, 2.75) is 25.7 Å². The van der Waals surface area contributed by atoms with E-state index in [1.54, 1.807) is 19.1 Å². The molecule has 1 atom stereocenters. The van der Waals surface area contributed by atoms with E-state index in [0.29, 0.717) is 18.8 Å². The first-order chi connectivity index (χ1) is 15.2. The molecule has 4 rings (SSSR count). The molecule has 1 aliphatic carbocycles. The number of hydrogen-bond donors (Lipinski definition) is 1. The second-order valence-corrected chi connectivity index (χ2v) is 7.57. The van der Waals surface area contributed by atoms with Crippen LogP contribution in [0.15, 0.2) is 78.4 Å². The van der Waals surface area contributed by atoms with E-state index in [1.165, 1.54) is 5.56 Å². The number of phenols is 1. The molecule has 4 nitrogen and oxygen atoms in total. The van der Waals surface area contributed by atoms with Crippen molar-refractivity contribution in [1.82, 2.24) is 0 Å². The molecule has 0 saturated carbocycles. The predicted octanol–water partition coefficient (Wildman–Crippen LogP) is 5.50. The van der Waals surface area contributed by atoms with Gasteiger partial charge in [-0.05, 0) is 72.4 Å². The molecule has 1 aliphatic rings. The van der Waals surface area contributed by atoms with Crippen LogP contribution in [0.1, 0.15) is 41.5 Å². The minimum Gasteiger partial charge on any atom is -0.508 e. The van der Waals surface area contributed by atoms with E-state index in [9.17, 15) is 9.90 Å². The van der Waals surface area contributed by atoms with Gasteiger partial charge in [0.1, 0.15) is 11.5 Å². The van der Waals surface area contributed by atoms with Crippen LogP contribution in [0.4, 0.5) is 0 Å². The van der Waals surface area contributed by atoms with Gasteiger partial charge in [-0.2, -0.15) is 0 Å². The van der Waals surface area contributed by atoms with Crippen LogP contribution in [0.3, 0.4) is 0 Å². The van der Waals surface area contributed by atoms with Crippen LogP contribution in [0.25, 0.3) is 6.08 Å². The van der Waals surface area contributed by atoms with Gasteiger partial charge in [-0.15, -0.1) is 0 Å². The van der Waals surface area contributed by atoms with Crippen molar-refractivity contribution in [3.05, 3.63) is 101 Å². The summed E-state index contributed by atoms with van der Waals surface area (Å²) in [7, 11) is 0. The van der Waals surface area contributed by atoms with E-state index in [1.807, 2.05) is 54.6 Å². The summed E-state index contributed by atoms with van der Waals surface area (Å²) >= 11 is 0. The third kappa shape index (κ3) is 4.80. The second-order valence-electron chi connectivity index (χ2n) is 7.57. The van der Waals surface area contributed by atoms with E-state index in [0.717, 1.165) is 35.3 Å². The minimum atomic E-state index is -0.317. The molecule has 0 aromatic heterocycles. The maximum atomic E-state index is 12.6. The molecule has 1 unspecified atom stereocenters. The first-order valence-electron chi connectivity index (χ1n) is 10.6. The Balaban J connectivity index is 1.52. The molecule has 31 heavy (non-hydrogen) atoms. The van der Waals surface area contributed by atoms with Gasteiger partial charge in [0.2, 0.25) is 0 Å². The Bertz CT molecular complexity index is 1070. The lowest BCUT2D eigenvalue weighted by molar-refractivity contribution is -0.138. The summed E-state index contributed by atoms with van der Waals surface area (Å²) in [5, 5.41) is 9.67. The van der Waals surface area contributed by atoms with Gasteiger partial charge >= 0.3 is 5.97 Å². The third-order valence-corrected chi connectivity index (χ3v) is 5.45. The summed E-state index contributed by atoms with van der Waals surface area (Å²) in [5.41, 5.74) is 4.82. The third-order valence-electron chi connectivity index (χ3n) is 5.45. The van der Waals surface area contributed by atoms with Crippen molar-refractivity contribution < 1.29 is 19.4 Å². The number of esters is 1. The van der Waals surface area contributed by atoms with Crippen LogP contribution in [0, 0.1) is 0 Å². The van der Waals surface area contributed by atoms with Gasteiger partial charge in [-0.3, -0.25) is 0 Å². The van der Waals surface area contributed by atoms with E-state index in [-0.39, 0.29) is 17.6 Å². The van der Waals surface area contributed by atoms with E-state index < -0.39 is 0 Å². The number of aromatic hydroxyl groups is 1. The molecule has 0 bridgehead atoms. The average molecular weight is 415 g/mol. The zero-order chi connectivity index (χ0) is 21.6. The summed E-state index contributed by atoms with van der Waals surface area (Å²) < 4.78 is 11.3. The van der Waals surface area contributed by atoms with E-state index in [2.05, 4.69) is 12.1 Å². The maximum absolute atomic E-state index is 12.6. The first-order valence-corrected chi connectivity index (χ1v) is 10.6. The Morgan fingerprint density at radius 3 is 2.52 bits per heavy atom. The molecule has 0 heterocycles. The van der Waals surface area contributed by atoms with Crippen LogP contribution in [-0.2, 0) is 16.0 Å². The maximum Gasteiger partial charge on any atom is 0.334 e. The highest BCUT2D eigenvalue weighted by Gasteiger charge is 2.32. The molecule has 3 aromatic rings. The highest BCUT2D eigenvalue weighted by Crippen LogP contribution is 2.43. The van der Waals surface area contributed by atoms with Crippen LogP contribution in [-0.4, -0.2) is 24.3 Å². The first kappa shape index (κ1) is 20.7. The molecule has 0 aliphatic heterocycles.